The molecule has 0 saturated heterocycles. The summed E-state index contributed by atoms with van der Waals surface area (Å²) >= 11 is 0. The molecule has 0 spiro atoms. The van der Waals surface area contributed by atoms with E-state index in [1.807, 2.05) is 19.1 Å². The fourth-order valence-corrected chi connectivity index (χ4v) is 1.99. The fourth-order valence-electron chi connectivity index (χ4n) is 1.99. The lowest BCUT2D eigenvalue weighted by Crippen LogP contribution is -2.29. The van der Waals surface area contributed by atoms with Gasteiger partial charge in [0.2, 0.25) is 0 Å². The number of Topliss-reactive ketones (excluding diaryl/α,β-unsaturated/α-hetero) is 1. The van der Waals surface area contributed by atoms with Gasteiger partial charge in [-0.25, -0.2) is 4.79 Å². The SMILES string of the molecule is CC(=O)C1=C(C(=O)Oc2ccccc2)NC=CC1C. The second-order valence-corrected chi connectivity index (χ2v) is 4.34. The van der Waals surface area contributed by atoms with E-state index in [4.69, 9.17) is 4.74 Å². The van der Waals surface area contributed by atoms with Gasteiger partial charge in [-0.1, -0.05) is 31.2 Å². The van der Waals surface area contributed by atoms with Crippen LogP contribution < -0.4 is 10.1 Å². The lowest BCUT2D eigenvalue weighted by Gasteiger charge is -2.19. The third-order valence-electron chi connectivity index (χ3n) is 2.87. The van der Waals surface area contributed by atoms with Crippen LogP contribution in [0.5, 0.6) is 5.75 Å². The smallest absolute Gasteiger partial charge is 0.360 e. The van der Waals surface area contributed by atoms with Gasteiger partial charge in [0, 0.05) is 11.5 Å². The zero-order valence-electron chi connectivity index (χ0n) is 10.8. The Bertz CT molecular complexity index is 558. The van der Waals surface area contributed by atoms with Gasteiger partial charge in [0.15, 0.2) is 5.78 Å². The molecule has 4 heteroatoms. The average molecular weight is 257 g/mol. The Balaban J connectivity index is 2.26. The first-order valence-electron chi connectivity index (χ1n) is 6.05. The summed E-state index contributed by atoms with van der Waals surface area (Å²) in [7, 11) is 0. The van der Waals surface area contributed by atoms with Crippen LogP contribution in [0.2, 0.25) is 0 Å². The van der Waals surface area contributed by atoms with Crippen molar-refractivity contribution in [1.82, 2.24) is 5.32 Å². The van der Waals surface area contributed by atoms with Gasteiger partial charge in [0.05, 0.1) is 0 Å². The monoisotopic (exact) mass is 257 g/mol. The molecule has 1 unspecified atom stereocenters. The minimum absolute atomic E-state index is 0.0999. The standard InChI is InChI=1S/C15H15NO3/c1-10-8-9-16-14(13(10)11(2)17)15(18)19-12-6-4-3-5-7-12/h3-10,16H,1-2H3. The van der Waals surface area contributed by atoms with Gasteiger partial charge in [-0.2, -0.15) is 0 Å². The van der Waals surface area contributed by atoms with Crippen LogP contribution in [0.15, 0.2) is 53.9 Å². The topological polar surface area (TPSA) is 55.4 Å². The highest BCUT2D eigenvalue weighted by molar-refractivity contribution is 6.04. The van der Waals surface area contributed by atoms with E-state index in [1.54, 1.807) is 30.5 Å². The van der Waals surface area contributed by atoms with Gasteiger partial charge in [0.25, 0.3) is 0 Å². The highest BCUT2D eigenvalue weighted by atomic mass is 16.5. The van der Waals surface area contributed by atoms with Crippen LogP contribution >= 0.6 is 0 Å². The summed E-state index contributed by atoms with van der Waals surface area (Å²) in [5.41, 5.74) is 0.662. The van der Waals surface area contributed by atoms with Crippen LogP contribution in [0, 0.1) is 5.92 Å². The first-order chi connectivity index (χ1) is 9.09. The molecule has 0 radical (unpaired) electrons. The number of allylic oxidation sites excluding steroid dienone is 2. The van der Waals surface area contributed by atoms with E-state index in [1.165, 1.54) is 6.92 Å². The van der Waals surface area contributed by atoms with E-state index in [2.05, 4.69) is 5.32 Å². The number of ketones is 1. The van der Waals surface area contributed by atoms with E-state index < -0.39 is 5.97 Å². The zero-order valence-corrected chi connectivity index (χ0v) is 10.8. The van der Waals surface area contributed by atoms with Gasteiger partial charge < -0.3 is 10.1 Å². The van der Waals surface area contributed by atoms with Gasteiger partial charge in [0.1, 0.15) is 11.4 Å². The first kappa shape index (κ1) is 13.1. The van der Waals surface area contributed by atoms with Crippen molar-refractivity contribution in [3.05, 3.63) is 53.9 Å². The molecule has 1 aromatic rings. The number of hydrogen-bond donors (Lipinski definition) is 1. The number of ether oxygens (including phenoxy) is 1. The van der Waals surface area contributed by atoms with E-state index >= 15 is 0 Å². The van der Waals surface area contributed by atoms with Gasteiger partial charge in [-0.3, -0.25) is 4.79 Å². The molecule has 0 aliphatic carbocycles. The van der Waals surface area contributed by atoms with Crippen molar-refractivity contribution in [2.45, 2.75) is 13.8 Å². The van der Waals surface area contributed by atoms with E-state index in [-0.39, 0.29) is 17.4 Å². The fraction of sp³-hybridized carbons (Fsp3) is 0.200. The van der Waals surface area contributed by atoms with Crippen molar-refractivity contribution in [2.24, 2.45) is 5.92 Å². The summed E-state index contributed by atoms with van der Waals surface area (Å²) in [6, 6.07) is 8.77. The number of dihydropyridines is 1. The van der Waals surface area contributed by atoms with Gasteiger partial charge in [-0.15, -0.1) is 0 Å². The Morgan fingerprint density at radius 3 is 2.53 bits per heavy atom. The van der Waals surface area contributed by atoms with E-state index in [0.717, 1.165) is 0 Å². The predicted octanol–water partition coefficient (Wildman–Crippen LogP) is 2.19. The first-order valence-corrected chi connectivity index (χ1v) is 6.05. The van der Waals surface area contributed by atoms with Crippen LogP contribution in [0.4, 0.5) is 0 Å². The molecule has 4 nitrogen and oxygen atoms in total. The summed E-state index contributed by atoms with van der Waals surface area (Å²) in [4.78, 5) is 23.7. The Morgan fingerprint density at radius 2 is 1.89 bits per heavy atom. The molecule has 0 fully saturated rings. The molecule has 1 N–H and O–H groups in total. The second-order valence-electron chi connectivity index (χ2n) is 4.34. The molecule has 1 heterocycles. The molecule has 98 valence electrons. The predicted molar refractivity (Wildman–Crippen MR) is 71.2 cm³/mol. The van der Waals surface area contributed by atoms with Crippen molar-refractivity contribution in [3.8, 4) is 5.75 Å². The molecule has 1 atom stereocenters. The summed E-state index contributed by atoms with van der Waals surface area (Å²) in [6.45, 7) is 3.31. The summed E-state index contributed by atoms with van der Waals surface area (Å²) in [5, 5.41) is 2.80. The van der Waals surface area contributed by atoms with Crippen molar-refractivity contribution < 1.29 is 14.3 Å². The van der Waals surface area contributed by atoms with Crippen LogP contribution in [-0.2, 0) is 9.59 Å². The lowest BCUT2D eigenvalue weighted by atomic mass is 9.93. The molecule has 1 aromatic carbocycles. The summed E-state index contributed by atoms with van der Waals surface area (Å²) in [5.74, 6) is -0.332. The van der Waals surface area contributed by atoms with E-state index in [9.17, 15) is 9.59 Å². The number of esters is 1. The lowest BCUT2D eigenvalue weighted by molar-refractivity contribution is -0.131. The number of carbonyl (C=O) groups is 2. The van der Waals surface area contributed by atoms with Gasteiger partial charge in [-0.05, 0) is 25.3 Å². The third-order valence-corrected chi connectivity index (χ3v) is 2.87. The molecule has 1 aliphatic rings. The molecule has 0 bridgehead atoms. The Hall–Kier alpha value is -2.36. The number of para-hydroxylation sites is 1. The minimum atomic E-state index is -0.549. The number of nitrogens with one attached hydrogen (secondary N) is 1. The van der Waals surface area contributed by atoms with Crippen LogP contribution in [0.1, 0.15) is 13.8 Å². The minimum Gasteiger partial charge on any atom is -0.422 e. The zero-order chi connectivity index (χ0) is 13.8. The number of hydrogen-bond acceptors (Lipinski definition) is 4. The maximum absolute atomic E-state index is 12.1. The summed E-state index contributed by atoms with van der Waals surface area (Å²) in [6.07, 6.45) is 3.48. The number of carbonyl (C=O) groups excluding carboxylic acids is 2. The molecular formula is C15H15NO3. The molecule has 0 aromatic heterocycles. The normalized spacial score (nSPS) is 17.9. The maximum Gasteiger partial charge on any atom is 0.360 e. The largest absolute Gasteiger partial charge is 0.422 e. The highest BCUT2D eigenvalue weighted by Crippen LogP contribution is 2.22. The van der Waals surface area contributed by atoms with Crippen LogP contribution in [0.3, 0.4) is 0 Å². The molecule has 19 heavy (non-hydrogen) atoms. The maximum atomic E-state index is 12.1. The Labute approximate surface area is 111 Å². The Kier molecular flexibility index (Phi) is 3.80. The van der Waals surface area contributed by atoms with Gasteiger partial charge >= 0.3 is 5.97 Å². The van der Waals surface area contributed by atoms with Crippen molar-refractivity contribution in [1.29, 1.82) is 0 Å². The van der Waals surface area contributed by atoms with E-state index in [0.29, 0.717) is 11.3 Å². The molecule has 0 amide bonds. The molecule has 1 aliphatic heterocycles. The third kappa shape index (κ3) is 2.91. The van der Waals surface area contributed by atoms with Crippen molar-refractivity contribution in [3.63, 3.8) is 0 Å². The molecule has 0 saturated carbocycles. The van der Waals surface area contributed by atoms with Crippen LogP contribution in [0.25, 0.3) is 0 Å². The van der Waals surface area contributed by atoms with Crippen LogP contribution in [-0.4, -0.2) is 11.8 Å². The van der Waals surface area contributed by atoms with Crippen molar-refractivity contribution in [2.75, 3.05) is 0 Å². The second kappa shape index (κ2) is 5.52. The Morgan fingerprint density at radius 1 is 1.21 bits per heavy atom. The molecule has 2 rings (SSSR count). The summed E-state index contributed by atoms with van der Waals surface area (Å²) < 4.78 is 5.24. The quantitative estimate of drug-likeness (QED) is 0.666. The van der Waals surface area contributed by atoms with Crippen molar-refractivity contribution >= 4 is 11.8 Å². The highest BCUT2D eigenvalue weighted by Gasteiger charge is 2.25. The number of rotatable bonds is 3. The molecular weight excluding hydrogens is 242 g/mol. The number of benzene rings is 1. The average Bonchev–Trinajstić information content (AvgIpc) is 2.39.